The molecule has 0 saturated heterocycles. The Balaban J connectivity index is 1.85. The number of benzene rings is 3. The van der Waals surface area contributed by atoms with E-state index in [4.69, 9.17) is 0 Å². The molecule has 0 bridgehead atoms. The number of aromatic carboxylic acids is 1. The minimum absolute atomic E-state index is 0.0890. The maximum atomic E-state index is 13.3. The third kappa shape index (κ3) is 4.02. The Hall–Kier alpha value is -4.39. The lowest BCUT2D eigenvalue weighted by Gasteiger charge is -2.09. The van der Waals surface area contributed by atoms with Gasteiger partial charge in [-0.2, -0.15) is 5.10 Å². The summed E-state index contributed by atoms with van der Waals surface area (Å²) in [5.74, 6) is -1.07. The lowest BCUT2D eigenvalue weighted by molar-refractivity contribution is 0.0698. The van der Waals surface area contributed by atoms with E-state index < -0.39 is 5.97 Å². The standard InChI is InChI=1S/C24H20N4O3/c1-16-21(23(29)28(27-16)18-12-6-3-7-13-18)22(17-10-4-2-5-11-17)26-25-20-15-9-8-14-19(20)24(30)31/h2-15,25,27H,1H3,(H,30,31)/b26-22+. The van der Waals surface area contributed by atoms with Gasteiger partial charge in [-0.05, 0) is 31.2 Å². The molecule has 3 aromatic carbocycles. The van der Waals surface area contributed by atoms with Crippen molar-refractivity contribution in [1.29, 1.82) is 0 Å². The van der Waals surface area contributed by atoms with Crippen molar-refractivity contribution in [3.05, 3.63) is 118 Å². The van der Waals surface area contributed by atoms with Crippen LogP contribution in [0.2, 0.25) is 0 Å². The summed E-state index contributed by atoms with van der Waals surface area (Å²) in [6.07, 6.45) is 0. The number of aryl methyl sites for hydroxylation is 1. The molecule has 7 nitrogen and oxygen atoms in total. The molecule has 3 N–H and O–H groups in total. The van der Waals surface area contributed by atoms with Gasteiger partial charge in [-0.25, -0.2) is 9.48 Å². The number of carboxylic acid groups (broad SMARTS) is 1. The molecule has 0 saturated carbocycles. The monoisotopic (exact) mass is 412 g/mol. The Labute approximate surface area is 178 Å². The molecule has 0 radical (unpaired) electrons. The van der Waals surface area contributed by atoms with Crippen LogP contribution in [0.3, 0.4) is 0 Å². The molecule has 0 amide bonds. The van der Waals surface area contributed by atoms with Gasteiger partial charge >= 0.3 is 5.97 Å². The quantitative estimate of drug-likeness (QED) is 0.329. The van der Waals surface area contributed by atoms with Crippen molar-refractivity contribution in [2.45, 2.75) is 6.92 Å². The number of aromatic nitrogens is 2. The van der Waals surface area contributed by atoms with E-state index in [1.807, 2.05) is 60.7 Å². The maximum absolute atomic E-state index is 13.3. The van der Waals surface area contributed by atoms with Gasteiger partial charge in [-0.3, -0.25) is 15.3 Å². The molecule has 0 aliphatic rings. The summed E-state index contributed by atoms with van der Waals surface area (Å²) in [6, 6.07) is 25.0. The van der Waals surface area contributed by atoms with Gasteiger partial charge in [0.15, 0.2) is 0 Å². The van der Waals surface area contributed by atoms with Crippen LogP contribution in [0.15, 0.2) is 94.8 Å². The molecule has 0 atom stereocenters. The summed E-state index contributed by atoms with van der Waals surface area (Å²) in [6.45, 7) is 1.81. The van der Waals surface area contributed by atoms with E-state index in [0.717, 1.165) is 5.56 Å². The Morgan fingerprint density at radius 2 is 1.55 bits per heavy atom. The lowest BCUT2D eigenvalue weighted by Crippen LogP contribution is -2.22. The molecule has 0 aliphatic heterocycles. The number of aromatic amines is 1. The normalized spacial score (nSPS) is 11.3. The van der Waals surface area contributed by atoms with Crippen LogP contribution in [0.5, 0.6) is 0 Å². The van der Waals surface area contributed by atoms with Gasteiger partial charge in [0, 0.05) is 11.3 Å². The molecule has 7 heteroatoms. The van der Waals surface area contributed by atoms with Crippen LogP contribution >= 0.6 is 0 Å². The van der Waals surface area contributed by atoms with E-state index in [-0.39, 0.29) is 11.1 Å². The van der Waals surface area contributed by atoms with Gasteiger partial charge in [0.2, 0.25) is 0 Å². The van der Waals surface area contributed by atoms with Crippen LogP contribution in [0, 0.1) is 6.92 Å². The average Bonchev–Trinajstić information content (AvgIpc) is 3.09. The molecule has 0 spiro atoms. The predicted molar refractivity (Wildman–Crippen MR) is 120 cm³/mol. The molecule has 0 unspecified atom stereocenters. The van der Waals surface area contributed by atoms with E-state index in [1.165, 1.54) is 10.7 Å². The molecule has 154 valence electrons. The molecule has 0 aliphatic carbocycles. The first-order chi connectivity index (χ1) is 15.1. The van der Waals surface area contributed by atoms with Gasteiger partial charge in [-0.1, -0.05) is 60.7 Å². The Bertz CT molecular complexity index is 1310. The van der Waals surface area contributed by atoms with E-state index in [1.54, 1.807) is 25.1 Å². The van der Waals surface area contributed by atoms with Crippen LogP contribution in [0.25, 0.3) is 5.69 Å². The highest BCUT2D eigenvalue weighted by Gasteiger charge is 2.20. The van der Waals surface area contributed by atoms with Crippen LogP contribution in [0.1, 0.15) is 27.2 Å². The number of carbonyl (C=O) groups is 1. The summed E-state index contributed by atoms with van der Waals surface area (Å²) in [5.41, 5.74) is 5.90. The fourth-order valence-electron chi connectivity index (χ4n) is 3.33. The lowest BCUT2D eigenvalue weighted by atomic mass is 10.0. The molecule has 31 heavy (non-hydrogen) atoms. The summed E-state index contributed by atoms with van der Waals surface area (Å²) >= 11 is 0. The van der Waals surface area contributed by atoms with Crippen LogP contribution in [-0.4, -0.2) is 26.6 Å². The number of hydrogen-bond acceptors (Lipinski definition) is 4. The number of anilines is 1. The summed E-state index contributed by atoms with van der Waals surface area (Å²) in [7, 11) is 0. The summed E-state index contributed by atoms with van der Waals surface area (Å²) in [4.78, 5) is 24.8. The first-order valence-corrected chi connectivity index (χ1v) is 9.65. The van der Waals surface area contributed by atoms with Crippen molar-refractivity contribution in [1.82, 2.24) is 9.78 Å². The first kappa shape index (κ1) is 19.9. The molecule has 4 aromatic rings. The van der Waals surface area contributed by atoms with Gasteiger partial charge in [0.1, 0.15) is 5.71 Å². The van der Waals surface area contributed by atoms with E-state index in [0.29, 0.717) is 28.3 Å². The fraction of sp³-hybridized carbons (Fsp3) is 0.0417. The number of rotatable bonds is 6. The Morgan fingerprint density at radius 3 is 2.23 bits per heavy atom. The van der Waals surface area contributed by atoms with Crippen molar-refractivity contribution < 1.29 is 9.90 Å². The number of para-hydroxylation sites is 2. The third-order valence-corrected chi connectivity index (χ3v) is 4.82. The van der Waals surface area contributed by atoms with Gasteiger partial charge in [0.05, 0.1) is 22.5 Å². The van der Waals surface area contributed by atoms with Crippen molar-refractivity contribution in [2.24, 2.45) is 5.10 Å². The average molecular weight is 412 g/mol. The van der Waals surface area contributed by atoms with Gasteiger partial charge < -0.3 is 5.11 Å². The van der Waals surface area contributed by atoms with Crippen LogP contribution in [0.4, 0.5) is 5.69 Å². The SMILES string of the molecule is Cc1[nH]n(-c2ccccc2)c(=O)c1/C(=N/Nc1ccccc1C(=O)O)c1ccccc1. The van der Waals surface area contributed by atoms with Crippen LogP contribution < -0.4 is 11.0 Å². The number of hydrogen-bond donors (Lipinski definition) is 3. The highest BCUT2D eigenvalue weighted by molar-refractivity contribution is 6.13. The highest BCUT2D eigenvalue weighted by atomic mass is 16.4. The predicted octanol–water partition coefficient (Wildman–Crippen LogP) is 4.04. The first-order valence-electron chi connectivity index (χ1n) is 9.65. The summed E-state index contributed by atoms with van der Waals surface area (Å²) in [5, 5.41) is 17.0. The number of H-pyrrole nitrogens is 1. The van der Waals surface area contributed by atoms with Crippen molar-refractivity contribution >= 4 is 17.4 Å². The van der Waals surface area contributed by atoms with E-state index >= 15 is 0 Å². The zero-order valence-corrected chi connectivity index (χ0v) is 16.7. The van der Waals surface area contributed by atoms with Gasteiger partial charge in [-0.15, -0.1) is 0 Å². The molecule has 0 fully saturated rings. The molecular weight excluding hydrogens is 392 g/mol. The Kier molecular flexibility index (Phi) is 5.49. The molecule has 1 heterocycles. The van der Waals surface area contributed by atoms with Crippen molar-refractivity contribution in [3.8, 4) is 5.69 Å². The molecular formula is C24H20N4O3. The number of hydrazone groups is 1. The smallest absolute Gasteiger partial charge is 0.337 e. The molecule has 4 rings (SSSR count). The highest BCUT2D eigenvalue weighted by Crippen LogP contribution is 2.17. The Morgan fingerprint density at radius 1 is 0.935 bits per heavy atom. The second-order valence-corrected chi connectivity index (χ2v) is 6.88. The molecule has 1 aromatic heterocycles. The number of carboxylic acids is 1. The maximum Gasteiger partial charge on any atom is 0.337 e. The zero-order chi connectivity index (χ0) is 21.8. The topological polar surface area (TPSA) is 99.5 Å². The number of nitrogens with one attached hydrogen (secondary N) is 2. The van der Waals surface area contributed by atoms with Gasteiger partial charge in [0.25, 0.3) is 5.56 Å². The van der Waals surface area contributed by atoms with Crippen molar-refractivity contribution in [2.75, 3.05) is 5.43 Å². The minimum Gasteiger partial charge on any atom is -0.478 e. The summed E-state index contributed by atoms with van der Waals surface area (Å²) < 4.78 is 1.47. The second-order valence-electron chi connectivity index (χ2n) is 6.88. The second kappa shape index (κ2) is 8.54. The largest absolute Gasteiger partial charge is 0.478 e. The van der Waals surface area contributed by atoms with Crippen LogP contribution in [-0.2, 0) is 0 Å². The number of nitrogens with zero attached hydrogens (tertiary/aromatic N) is 2. The minimum atomic E-state index is -1.07. The van der Waals surface area contributed by atoms with E-state index in [9.17, 15) is 14.7 Å². The van der Waals surface area contributed by atoms with Crippen molar-refractivity contribution in [3.63, 3.8) is 0 Å². The zero-order valence-electron chi connectivity index (χ0n) is 16.7. The third-order valence-electron chi connectivity index (χ3n) is 4.82. The fourth-order valence-corrected chi connectivity index (χ4v) is 3.33. The van der Waals surface area contributed by atoms with E-state index in [2.05, 4.69) is 15.6 Å².